The lowest BCUT2D eigenvalue weighted by molar-refractivity contribution is -0.121. The van der Waals surface area contributed by atoms with Crippen LogP contribution in [-0.2, 0) is 4.79 Å². The first-order chi connectivity index (χ1) is 12.1. The Bertz CT molecular complexity index is 945. The summed E-state index contributed by atoms with van der Waals surface area (Å²) in [6.07, 6.45) is 0.852. The standard InChI is InChI=1S/C19H18N4OS/c1-11-6-2-3-7-12(11)13-10-14(13)17(24)22-18(20)23-19-21-15-8-4-5-9-16(15)25-19/h2-9,13-14H,10H2,1H3,(H3,20,21,22,23,24)/t13-,14+/m1/s1. The molecule has 2 atom stereocenters. The molecule has 3 N–H and O–H groups in total. The second-order valence-electron chi connectivity index (χ2n) is 6.26. The molecule has 25 heavy (non-hydrogen) atoms. The lowest BCUT2D eigenvalue weighted by Crippen LogP contribution is -2.37. The minimum absolute atomic E-state index is 0.0368. The molecule has 0 unspecified atom stereocenters. The summed E-state index contributed by atoms with van der Waals surface area (Å²) in [5, 5.41) is 3.26. The van der Waals surface area contributed by atoms with E-state index in [0.717, 1.165) is 16.6 Å². The predicted molar refractivity (Wildman–Crippen MR) is 101 cm³/mol. The number of nitrogens with two attached hydrogens (primary N) is 1. The molecule has 2 aromatic carbocycles. The first-order valence-electron chi connectivity index (χ1n) is 8.18. The molecule has 1 aliphatic carbocycles. The quantitative estimate of drug-likeness (QED) is 0.561. The number of fused-ring (bicyclic) bond motifs is 1. The van der Waals surface area contributed by atoms with Crippen LogP contribution in [0.5, 0.6) is 0 Å². The minimum Gasteiger partial charge on any atom is -0.369 e. The molecule has 1 saturated carbocycles. The third-order valence-electron chi connectivity index (χ3n) is 4.47. The molecule has 1 aliphatic rings. The molecule has 0 saturated heterocycles. The van der Waals surface area contributed by atoms with Gasteiger partial charge in [-0.3, -0.25) is 10.1 Å². The van der Waals surface area contributed by atoms with Crippen LogP contribution in [0.4, 0.5) is 5.13 Å². The summed E-state index contributed by atoms with van der Waals surface area (Å²) < 4.78 is 1.04. The smallest absolute Gasteiger partial charge is 0.230 e. The van der Waals surface area contributed by atoms with Gasteiger partial charge in [0.2, 0.25) is 17.0 Å². The zero-order chi connectivity index (χ0) is 17.4. The number of hydrogen-bond donors (Lipinski definition) is 2. The number of benzene rings is 2. The number of nitrogens with zero attached hydrogens (tertiary/aromatic N) is 2. The Morgan fingerprint density at radius 3 is 2.80 bits per heavy atom. The van der Waals surface area contributed by atoms with E-state index in [1.54, 1.807) is 0 Å². The van der Waals surface area contributed by atoms with Gasteiger partial charge in [-0.1, -0.05) is 47.7 Å². The Labute approximate surface area is 149 Å². The van der Waals surface area contributed by atoms with Crippen molar-refractivity contribution in [3.8, 4) is 0 Å². The molecule has 1 amide bonds. The highest BCUT2D eigenvalue weighted by atomic mass is 32.1. The number of nitrogens with one attached hydrogen (secondary N) is 1. The molecular formula is C19H18N4OS. The molecule has 3 aromatic rings. The van der Waals surface area contributed by atoms with E-state index in [4.69, 9.17) is 5.73 Å². The second kappa shape index (κ2) is 6.29. The summed E-state index contributed by atoms with van der Waals surface area (Å²) in [7, 11) is 0. The topological polar surface area (TPSA) is 80.4 Å². The first kappa shape index (κ1) is 15.8. The van der Waals surface area contributed by atoms with Crippen LogP contribution in [0.15, 0.2) is 53.5 Å². The minimum atomic E-state index is -0.0735. The summed E-state index contributed by atoms with van der Waals surface area (Å²) in [5.74, 6) is 0.261. The van der Waals surface area contributed by atoms with Crippen molar-refractivity contribution in [2.45, 2.75) is 19.3 Å². The van der Waals surface area contributed by atoms with Gasteiger partial charge in [0.25, 0.3) is 0 Å². The van der Waals surface area contributed by atoms with Gasteiger partial charge < -0.3 is 5.73 Å². The van der Waals surface area contributed by atoms with Gasteiger partial charge in [0.05, 0.1) is 10.2 Å². The van der Waals surface area contributed by atoms with Crippen LogP contribution in [0.2, 0.25) is 0 Å². The summed E-state index contributed by atoms with van der Waals surface area (Å²) >= 11 is 1.45. The van der Waals surface area contributed by atoms with Crippen molar-refractivity contribution in [1.82, 2.24) is 10.3 Å². The lowest BCUT2D eigenvalue weighted by Gasteiger charge is -2.05. The van der Waals surface area contributed by atoms with E-state index in [1.807, 2.05) is 36.4 Å². The Kier molecular flexibility index (Phi) is 3.97. The number of aryl methyl sites for hydroxylation is 1. The number of aromatic nitrogens is 1. The summed E-state index contributed by atoms with van der Waals surface area (Å²) in [6, 6.07) is 16.0. The van der Waals surface area contributed by atoms with Gasteiger partial charge >= 0.3 is 0 Å². The number of guanidine groups is 1. The predicted octanol–water partition coefficient (Wildman–Crippen LogP) is 3.47. The van der Waals surface area contributed by atoms with Gasteiger partial charge in [-0.25, -0.2) is 4.98 Å². The number of aliphatic imine (C=N–C) groups is 1. The van der Waals surface area contributed by atoms with Crippen molar-refractivity contribution in [3.05, 3.63) is 59.7 Å². The Morgan fingerprint density at radius 1 is 1.24 bits per heavy atom. The van der Waals surface area contributed by atoms with Crippen LogP contribution < -0.4 is 11.1 Å². The Morgan fingerprint density at radius 2 is 2.00 bits per heavy atom. The number of thiazole rings is 1. The van der Waals surface area contributed by atoms with Gasteiger partial charge in [0.15, 0.2) is 0 Å². The number of para-hydroxylation sites is 1. The number of carbonyl (C=O) groups is 1. The van der Waals surface area contributed by atoms with E-state index in [9.17, 15) is 4.79 Å². The largest absolute Gasteiger partial charge is 0.369 e. The molecule has 1 heterocycles. The lowest BCUT2D eigenvalue weighted by atomic mass is 10.0. The van der Waals surface area contributed by atoms with Crippen LogP contribution in [0.25, 0.3) is 10.2 Å². The highest BCUT2D eigenvalue weighted by molar-refractivity contribution is 7.22. The Balaban J connectivity index is 1.43. The highest BCUT2D eigenvalue weighted by Gasteiger charge is 2.44. The van der Waals surface area contributed by atoms with E-state index < -0.39 is 0 Å². The summed E-state index contributed by atoms with van der Waals surface area (Å²) in [5.41, 5.74) is 9.24. The van der Waals surface area contributed by atoms with Crippen molar-refractivity contribution >= 4 is 38.6 Å². The molecule has 6 heteroatoms. The molecule has 4 rings (SSSR count). The summed E-state index contributed by atoms with van der Waals surface area (Å²) in [6.45, 7) is 2.07. The van der Waals surface area contributed by atoms with E-state index in [0.29, 0.717) is 5.13 Å². The third-order valence-corrected chi connectivity index (χ3v) is 5.40. The maximum absolute atomic E-state index is 12.4. The van der Waals surface area contributed by atoms with Crippen LogP contribution >= 0.6 is 11.3 Å². The number of carbonyl (C=O) groups excluding carboxylic acids is 1. The van der Waals surface area contributed by atoms with Crippen molar-refractivity contribution in [2.75, 3.05) is 0 Å². The molecular weight excluding hydrogens is 332 g/mol. The number of amides is 1. The van der Waals surface area contributed by atoms with E-state index in [1.165, 1.54) is 22.5 Å². The van der Waals surface area contributed by atoms with E-state index >= 15 is 0 Å². The molecule has 0 radical (unpaired) electrons. The highest BCUT2D eigenvalue weighted by Crippen LogP contribution is 2.48. The van der Waals surface area contributed by atoms with Gasteiger partial charge in [0, 0.05) is 5.92 Å². The van der Waals surface area contributed by atoms with E-state index in [-0.39, 0.29) is 23.7 Å². The van der Waals surface area contributed by atoms with Gasteiger partial charge in [-0.2, -0.15) is 4.99 Å². The van der Waals surface area contributed by atoms with Crippen LogP contribution in [-0.4, -0.2) is 16.9 Å². The Hall–Kier alpha value is -2.73. The molecule has 1 aromatic heterocycles. The van der Waals surface area contributed by atoms with Crippen molar-refractivity contribution in [1.29, 1.82) is 0 Å². The van der Waals surface area contributed by atoms with E-state index in [2.05, 4.69) is 34.3 Å². The first-order valence-corrected chi connectivity index (χ1v) is 8.99. The average Bonchev–Trinajstić information content (AvgIpc) is 3.28. The monoisotopic (exact) mass is 350 g/mol. The fourth-order valence-corrected chi connectivity index (χ4v) is 3.94. The molecule has 1 fully saturated rings. The van der Waals surface area contributed by atoms with Crippen molar-refractivity contribution in [2.24, 2.45) is 16.6 Å². The number of rotatable bonds is 3. The van der Waals surface area contributed by atoms with Crippen molar-refractivity contribution in [3.63, 3.8) is 0 Å². The zero-order valence-electron chi connectivity index (χ0n) is 13.8. The van der Waals surface area contributed by atoms with Crippen LogP contribution in [0.1, 0.15) is 23.5 Å². The molecule has 0 aliphatic heterocycles. The van der Waals surface area contributed by atoms with Gasteiger partial charge in [-0.15, -0.1) is 0 Å². The SMILES string of the molecule is Cc1ccccc1[C@H]1C[C@@H]1C(=O)NC(N)=Nc1nc2ccccc2s1. The fourth-order valence-electron chi connectivity index (χ4n) is 3.09. The summed E-state index contributed by atoms with van der Waals surface area (Å²) in [4.78, 5) is 21.0. The maximum atomic E-state index is 12.4. The van der Waals surface area contributed by atoms with Gasteiger partial charge in [-0.05, 0) is 42.5 Å². The van der Waals surface area contributed by atoms with Crippen molar-refractivity contribution < 1.29 is 4.79 Å². The van der Waals surface area contributed by atoms with Gasteiger partial charge in [0.1, 0.15) is 0 Å². The molecule has 0 bridgehead atoms. The second-order valence-corrected chi connectivity index (χ2v) is 7.26. The number of hydrogen-bond acceptors (Lipinski definition) is 4. The average molecular weight is 350 g/mol. The van der Waals surface area contributed by atoms with Crippen LogP contribution in [0, 0.1) is 12.8 Å². The normalized spacial score (nSPS) is 19.8. The third kappa shape index (κ3) is 3.25. The fraction of sp³-hybridized carbons (Fsp3) is 0.211. The van der Waals surface area contributed by atoms with Crippen LogP contribution in [0.3, 0.4) is 0 Å². The molecule has 126 valence electrons. The molecule has 5 nitrogen and oxygen atoms in total. The molecule has 0 spiro atoms. The zero-order valence-corrected chi connectivity index (χ0v) is 14.6. The maximum Gasteiger partial charge on any atom is 0.230 e.